The first-order valence-electron chi connectivity index (χ1n) is 5.10. The van der Waals surface area contributed by atoms with Crippen molar-refractivity contribution in [2.45, 2.75) is 13.3 Å². The Morgan fingerprint density at radius 3 is 2.65 bits per heavy atom. The highest BCUT2D eigenvalue weighted by Crippen LogP contribution is 2.28. The molecule has 0 aliphatic heterocycles. The zero-order valence-corrected chi connectivity index (χ0v) is 13.2. The first kappa shape index (κ1) is 13.0. The minimum Gasteiger partial charge on any atom is -0.293 e. The summed E-state index contributed by atoms with van der Waals surface area (Å²) in [4.78, 5) is 12.9. The molecule has 0 radical (unpaired) electrons. The summed E-state index contributed by atoms with van der Waals surface area (Å²) in [5, 5.41) is 0. The molecule has 0 aliphatic rings. The number of thiophene rings is 1. The van der Waals surface area contributed by atoms with Gasteiger partial charge in [0.1, 0.15) is 0 Å². The SMILES string of the molecule is Cc1cc(C(=O)Cc2cccc(Br)c2)sc1Br. The van der Waals surface area contributed by atoms with Gasteiger partial charge in [0, 0.05) is 10.9 Å². The van der Waals surface area contributed by atoms with E-state index in [2.05, 4.69) is 31.9 Å². The summed E-state index contributed by atoms with van der Waals surface area (Å²) in [7, 11) is 0. The molecule has 0 fully saturated rings. The molecule has 1 aromatic heterocycles. The number of benzene rings is 1. The minimum absolute atomic E-state index is 0.168. The van der Waals surface area contributed by atoms with Crippen LogP contribution in [0.5, 0.6) is 0 Å². The van der Waals surface area contributed by atoms with E-state index in [1.165, 1.54) is 11.3 Å². The lowest BCUT2D eigenvalue weighted by Crippen LogP contribution is -2.00. The minimum atomic E-state index is 0.168. The number of ketones is 1. The molecule has 1 nitrogen and oxygen atoms in total. The van der Waals surface area contributed by atoms with Crippen LogP contribution in [-0.4, -0.2) is 5.78 Å². The maximum Gasteiger partial charge on any atom is 0.177 e. The normalized spacial score (nSPS) is 10.5. The zero-order chi connectivity index (χ0) is 12.4. The van der Waals surface area contributed by atoms with E-state index in [1.807, 2.05) is 37.3 Å². The zero-order valence-electron chi connectivity index (χ0n) is 9.17. The van der Waals surface area contributed by atoms with Crippen LogP contribution in [0.3, 0.4) is 0 Å². The molecule has 88 valence electrons. The average molecular weight is 374 g/mol. The summed E-state index contributed by atoms with van der Waals surface area (Å²) in [5.41, 5.74) is 2.15. The largest absolute Gasteiger partial charge is 0.293 e. The van der Waals surface area contributed by atoms with Crippen LogP contribution in [0, 0.1) is 6.92 Å². The van der Waals surface area contributed by atoms with Gasteiger partial charge in [-0.15, -0.1) is 11.3 Å². The maximum absolute atomic E-state index is 12.1. The van der Waals surface area contributed by atoms with Crippen molar-refractivity contribution in [3.63, 3.8) is 0 Å². The Labute approximate surface area is 121 Å². The Morgan fingerprint density at radius 1 is 1.29 bits per heavy atom. The van der Waals surface area contributed by atoms with E-state index in [0.717, 1.165) is 24.3 Å². The molecule has 17 heavy (non-hydrogen) atoms. The van der Waals surface area contributed by atoms with Gasteiger partial charge in [0.15, 0.2) is 5.78 Å². The van der Waals surface area contributed by atoms with Crippen LogP contribution in [0.15, 0.2) is 38.6 Å². The maximum atomic E-state index is 12.1. The van der Waals surface area contributed by atoms with E-state index in [0.29, 0.717) is 6.42 Å². The van der Waals surface area contributed by atoms with Gasteiger partial charge in [-0.3, -0.25) is 4.79 Å². The molecule has 0 amide bonds. The Morgan fingerprint density at radius 2 is 2.06 bits per heavy atom. The molecule has 1 aromatic carbocycles. The molecule has 0 saturated heterocycles. The number of rotatable bonds is 3. The topological polar surface area (TPSA) is 17.1 Å². The van der Waals surface area contributed by atoms with E-state index in [1.54, 1.807) is 0 Å². The van der Waals surface area contributed by atoms with Crippen molar-refractivity contribution < 1.29 is 4.79 Å². The molecule has 0 N–H and O–H groups in total. The summed E-state index contributed by atoms with van der Waals surface area (Å²) in [6.45, 7) is 2.00. The summed E-state index contributed by atoms with van der Waals surface area (Å²) < 4.78 is 2.04. The lowest BCUT2D eigenvalue weighted by molar-refractivity contribution is 0.0997. The van der Waals surface area contributed by atoms with E-state index >= 15 is 0 Å². The predicted octanol–water partition coefficient (Wildman–Crippen LogP) is 5.01. The van der Waals surface area contributed by atoms with Crippen LogP contribution in [0.1, 0.15) is 20.8 Å². The standard InChI is InChI=1S/C13H10Br2OS/c1-8-5-12(17-13(8)15)11(16)7-9-3-2-4-10(14)6-9/h2-6H,7H2,1H3. The van der Waals surface area contributed by atoms with Gasteiger partial charge in [-0.1, -0.05) is 28.1 Å². The molecule has 4 heteroatoms. The Hall–Kier alpha value is -0.450. The lowest BCUT2D eigenvalue weighted by atomic mass is 10.1. The molecule has 0 bridgehead atoms. The van der Waals surface area contributed by atoms with Crippen LogP contribution >= 0.6 is 43.2 Å². The monoisotopic (exact) mass is 372 g/mol. The molecule has 1 heterocycles. The Balaban J connectivity index is 2.17. The second-order valence-corrected chi connectivity index (χ2v) is 7.08. The molecule has 0 aliphatic carbocycles. The quantitative estimate of drug-likeness (QED) is 0.691. The van der Waals surface area contributed by atoms with Crippen LogP contribution in [-0.2, 0) is 6.42 Å². The van der Waals surface area contributed by atoms with Crippen molar-refractivity contribution in [3.8, 4) is 0 Å². The number of hydrogen-bond donors (Lipinski definition) is 0. The fourth-order valence-corrected chi connectivity index (χ4v) is 3.44. The molecule has 0 spiro atoms. The van der Waals surface area contributed by atoms with Crippen molar-refractivity contribution in [3.05, 3.63) is 54.6 Å². The van der Waals surface area contributed by atoms with Gasteiger partial charge in [0.2, 0.25) is 0 Å². The molecule has 2 rings (SSSR count). The van der Waals surface area contributed by atoms with Crippen LogP contribution in [0.25, 0.3) is 0 Å². The molecular formula is C13H10Br2OS. The highest BCUT2D eigenvalue weighted by Gasteiger charge is 2.11. The molecule has 0 saturated carbocycles. The van der Waals surface area contributed by atoms with Gasteiger partial charge in [0.25, 0.3) is 0 Å². The van der Waals surface area contributed by atoms with Gasteiger partial charge < -0.3 is 0 Å². The molecule has 0 unspecified atom stereocenters. The van der Waals surface area contributed by atoms with Crippen molar-refractivity contribution in [1.82, 2.24) is 0 Å². The molecular weight excluding hydrogens is 364 g/mol. The van der Waals surface area contributed by atoms with Crippen LogP contribution in [0.2, 0.25) is 0 Å². The fourth-order valence-electron chi connectivity index (χ4n) is 1.52. The Kier molecular flexibility index (Phi) is 4.17. The number of halogens is 2. The fraction of sp³-hybridized carbons (Fsp3) is 0.154. The van der Waals surface area contributed by atoms with Crippen molar-refractivity contribution in [1.29, 1.82) is 0 Å². The second kappa shape index (κ2) is 5.46. The summed E-state index contributed by atoms with van der Waals surface area (Å²) in [6, 6.07) is 9.79. The first-order chi connectivity index (χ1) is 8.06. The lowest BCUT2D eigenvalue weighted by Gasteiger charge is -1.99. The third kappa shape index (κ3) is 3.27. The van der Waals surface area contributed by atoms with E-state index < -0.39 is 0 Å². The summed E-state index contributed by atoms with van der Waals surface area (Å²) in [5.74, 6) is 0.168. The highest BCUT2D eigenvalue weighted by molar-refractivity contribution is 9.11. The molecule has 0 atom stereocenters. The Bertz CT molecular complexity index is 541. The predicted molar refractivity (Wildman–Crippen MR) is 78.9 cm³/mol. The number of carbonyl (C=O) groups excluding carboxylic acids is 1. The van der Waals surface area contributed by atoms with E-state index in [9.17, 15) is 4.79 Å². The van der Waals surface area contributed by atoms with Crippen molar-refractivity contribution in [2.24, 2.45) is 0 Å². The van der Waals surface area contributed by atoms with Gasteiger partial charge in [-0.25, -0.2) is 0 Å². The summed E-state index contributed by atoms with van der Waals surface area (Å²) in [6.07, 6.45) is 0.450. The third-order valence-corrected chi connectivity index (χ3v) is 5.06. The van der Waals surface area contributed by atoms with Gasteiger partial charge in [-0.05, 0) is 52.2 Å². The van der Waals surface area contributed by atoms with E-state index in [-0.39, 0.29) is 5.78 Å². The molecule has 2 aromatic rings. The van der Waals surface area contributed by atoms with Crippen molar-refractivity contribution >= 4 is 49.0 Å². The highest BCUT2D eigenvalue weighted by atomic mass is 79.9. The van der Waals surface area contributed by atoms with Crippen LogP contribution < -0.4 is 0 Å². The number of carbonyl (C=O) groups is 1. The van der Waals surface area contributed by atoms with Gasteiger partial charge in [0.05, 0.1) is 8.66 Å². The average Bonchev–Trinajstić information content (AvgIpc) is 2.59. The number of aryl methyl sites for hydroxylation is 1. The number of hydrogen-bond acceptors (Lipinski definition) is 2. The van der Waals surface area contributed by atoms with Gasteiger partial charge >= 0.3 is 0 Å². The third-order valence-electron chi connectivity index (χ3n) is 2.39. The summed E-state index contributed by atoms with van der Waals surface area (Å²) >= 11 is 8.35. The number of Topliss-reactive ketones (excluding diaryl/α,β-unsaturated/α-hetero) is 1. The first-order valence-corrected chi connectivity index (χ1v) is 7.50. The van der Waals surface area contributed by atoms with E-state index in [4.69, 9.17) is 0 Å². The van der Waals surface area contributed by atoms with Gasteiger partial charge in [-0.2, -0.15) is 0 Å². The van der Waals surface area contributed by atoms with Crippen molar-refractivity contribution in [2.75, 3.05) is 0 Å². The van der Waals surface area contributed by atoms with Crippen LogP contribution in [0.4, 0.5) is 0 Å². The second-order valence-electron chi connectivity index (χ2n) is 3.80. The smallest absolute Gasteiger partial charge is 0.177 e.